The zero-order valence-electron chi connectivity index (χ0n) is 15.7. The monoisotopic (exact) mass is 362 g/mol. The lowest BCUT2D eigenvalue weighted by molar-refractivity contribution is 0.0993. The number of nitrogens with one attached hydrogen (secondary N) is 1. The molecule has 2 aromatic carbocycles. The fourth-order valence-electron chi connectivity index (χ4n) is 3.93. The molecule has 1 aliphatic carbocycles. The van der Waals surface area contributed by atoms with Crippen LogP contribution in [0.4, 0.5) is 5.69 Å². The van der Waals surface area contributed by atoms with Crippen molar-refractivity contribution in [3.05, 3.63) is 65.1 Å². The number of oxime groups is 1. The van der Waals surface area contributed by atoms with Crippen molar-refractivity contribution in [2.45, 2.75) is 33.6 Å². The van der Waals surface area contributed by atoms with E-state index < -0.39 is 0 Å². The van der Waals surface area contributed by atoms with Crippen molar-refractivity contribution in [1.82, 2.24) is 0 Å². The van der Waals surface area contributed by atoms with Crippen LogP contribution >= 0.6 is 0 Å². The molecule has 0 bridgehead atoms. The first kappa shape index (κ1) is 17.3. The van der Waals surface area contributed by atoms with Crippen LogP contribution in [-0.2, 0) is 6.42 Å². The first-order valence-corrected chi connectivity index (χ1v) is 9.02. The van der Waals surface area contributed by atoms with Crippen LogP contribution in [0.1, 0.15) is 47.7 Å². The van der Waals surface area contributed by atoms with Crippen LogP contribution in [0, 0.1) is 12.3 Å². The smallest absolute Gasteiger partial charge is 0.291 e. The fourth-order valence-corrected chi connectivity index (χ4v) is 3.93. The maximum absolute atomic E-state index is 12.9. The van der Waals surface area contributed by atoms with Gasteiger partial charge in [-0.25, -0.2) is 0 Å². The standard InChI is InChI=1S/C22H22N2O3/c1-13-19-17(24-26)11-22(2,3)12-18(19)27-20(13)21(25)23-16-10-6-8-14-7-4-5-9-15(14)16/h4-10,26H,11-12H2,1-3H3,(H,23,25)/b24-17-. The highest BCUT2D eigenvalue weighted by molar-refractivity contribution is 6.11. The lowest BCUT2D eigenvalue weighted by Crippen LogP contribution is -2.27. The largest absolute Gasteiger partial charge is 0.455 e. The SMILES string of the molecule is Cc1c(C(=O)Nc2cccc3ccccc23)oc2c1/C(=N\O)CC(C)(C)C2. The van der Waals surface area contributed by atoms with E-state index in [2.05, 4.69) is 24.3 Å². The number of hydrogen-bond acceptors (Lipinski definition) is 4. The highest BCUT2D eigenvalue weighted by atomic mass is 16.4. The summed E-state index contributed by atoms with van der Waals surface area (Å²) in [5.41, 5.74) is 2.71. The highest BCUT2D eigenvalue weighted by Gasteiger charge is 2.36. The van der Waals surface area contributed by atoms with Crippen LogP contribution in [-0.4, -0.2) is 16.8 Å². The van der Waals surface area contributed by atoms with E-state index in [1.165, 1.54) is 0 Å². The third kappa shape index (κ3) is 2.99. The van der Waals surface area contributed by atoms with Gasteiger partial charge in [0, 0.05) is 28.6 Å². The van der Waals surface area contributed by atoms with E-state index in [0.29, 0.717) is 29.9 Å². The van der Waals surface area contributed by atoms with Crippen LogP contribution in [0.15, 0.2) is 52.0 Å². The number of benzene rings is 2. The number of rotatable bonds is 2. The van der Waals surface area contributed by atoms with Gasteiger partial charge in [-0.2, -0.15) is 0 Å². The van der Waals surface area contributed by atoms with Crippen LogP contribution in [0.5, 0.6) is 0 Å². The lowest BCUT2D eigenvalue weighted by atomic mass is 9.75. The Kier molecular flexibility index (Phi) is 4.02. The Bertz CT molecular complexity index is 1070. The lowest BCUT2D eigenvalue weighted by Gasteiger charge is -2.28. The number of fused-ring (bicyclic) bond motifs is 2. The maximum Gasteiger partial charge on any atom is 0.291 e. The minimum absolute atomic E-state index is 0.0811. The number of hydrogen-bond donors (Lipinski definition) is 2. The van der Waals surface area contributed by atoms with Gasteiger partial charge in [0.25, 0.3) is 5.91 Å². The van der Waals surface area contributed by atoms with E-state index in [0.717, 1.165) is 22.0 Å². The molecule has 27 heavy (non-hydrogen) atoms. The molecule has 4 rings (SSSR count). The fraction of sp³-hybridized carbons (Fsp3) is 0.273. The second-order valence-corrected chi connectivity index (χ2v) is 7.90. The summed E-state index contributed by atoms with van der Waals surface area (Å²) in [7, 11) is 0. The van der Waals surface area contributed by atoms with Gasteiger partial charge < -0.3 is 14.9 Å². The molecule has 0 aliphatic heterocycles. The van der Waals surface area contributed by atoms with Crippen LogP contribution < -0.4 is 5.32 Å². The molecule has 2 N–H and O–H groups in total. The number of carbonyl (C=O) groups excluding carboxylic acids is 1. The first-order valence-electron chi connectivity index (χ1n) is 9.02. The van der Waals surface area contributed by atoms with Gasteiger partial charge in [-0.1, -0.05) is 55.4 Å². The van der Waals surface area contributed by atoms with Gasteiger partial charge in [-0.05, 0) is 30.2 Å². The minimum atomic E-state index is -0.298. The summed E-state index contributed by atoms with van der Waals surface area (Å²) in [4.78, 5) is 12.9. The molecule has 5 nitrogen and oxygen atoms in total. The quantitative estimate of drug-likeness (QED) is 0.489. The molecule has 1 heterocycles. The summed E-state index contributed by atoms with van der Waals surface area (Å²) in [6, 6.07) is 13.7. The van der Waals surface area contributed by atoms with E-state index in [-0.39, 0.29) is 17.1 Å². The number of amides is 1. The number of anilines is 1. The molecule has 3 aromatic rings. The number of furan rings is 1. The second-order valence-electron chi connectivity index (χ2n) is 7.90. The summed E-state index contributed by atoms with van der Waals surface area (Å²) in [5, 5.41) is 17.9. The summed E-state index contributed by atoms with van der Waals surface area (Å²) < 4.78 is 5.95. The van der Waals surface area contributed by atoms with E-state index in [4.69, 9.17) is 4.42 Å². The van der Waals surface area contributed by atoms with Gasteiger partial charge in [-0.15, -0.1) is 0 Å². The van der Waals surface area contributed by atoms with Gasteiger partial charge in [0.05, 0.1) is 5.71 Å². The zero-order valence-corrected chi connectivity index (χ0v) is 15.7. The Labute approximate surface area is 157 Å². The first-order chi connectivity index (χ1) is 12.9. The summed E-state index contributed by atoms with van der Waals surface area (Å²) >= 11 is 0. The zero-order chi connectivity index (χ0) is 19.2. The molecular formula is C22H22N2O3. The van der Waals surface area contributed by atoms with Crippen molar-refractivity contribution >= 4 is 28.1 Å². The second kappa shape index (κ2) is 6.27. The molecule has 0 atom stereocenters. The molecule has 0 spiro atoms. The summed E-state index contributed by atoms with van der Waals surface area (Å²) in [6.45, 7) is 6.02. The third-order valence-corrected chi connectivity index (χ3v) is 5.16. The van der Waals surface area contributed by atoms with E-state index in [1.807, 2.05) is 49.4 Å². The van der Waals surface area contributed by atoms with Crippen molar-refractivity contribution in [2.75, 3.05) is 5.32 Å². The van der Waals surface area contributed by atoms with Gasteiger partial charge in [0.2, 0.25) is 0 Å². The average molecular weight is 362 g/mol. The van der Waals surface area contributed by atoms with Crippen molar-refractivity contribution < 1.29 is 14.4 Å². The Hall–Kier alpha value is -3.08. The van der Waals surface area contributed by atoms with Crippen molar-refractivity contribution in [3.63, 3.8) is 0 Å². The Morgan fingerprint density at radius 2 is 1.89 bits per heavy atom. The van der Waals surface area contributed by atoms with Crippen molar-refractivity contribution in [1.29, 1.82) is 0 Å². The minimum Gasteiger partial charge on any atom is -0.455 e. The number of nitrogens with zero attached hydrogens (tertiary/aromatic N) is 1. The van der Waals surface area contributed by atoms with Crippen molar-refractivity contribution in [2.24, 2.45) is 10.6 Å². The summed E-state index contributed by atoms with van der Waals surface area (Å²) in [5.74, 6) is 0.680. The Balaban J connectivity index is 1.72. The predicted molar refractivity (Wildman–Crippen MR) is 106 cm³/mol. The van der Waals surface area contributed by atoms with Crippen LogP contribution in [0.25, 0.3) is 10.8 Å². The van der Waals surface area contributed by atoms with Crippen LogP contribution in [0.3, 0.4) is 0 Å². The molecule has 0 radical (unpaired) electrons. The molecule has 1 aromatic heterocycles. The maximum atomic E-state index is 12.9. The molecule has 1 aliphatic rings. The summed E-state index contributed by atoms with van der Waals surface area (Å²) in [6.07, 6.45) is 1.34. The van der Waals surface area contributed by atoms with Crippen molar-refractivity contribution in [3.8, 4) is 0 Å². The third-order valence-electron chi connectivity index (χ3n) is 5.16. The highest BCUT2D eigenvalue weighted by Crippen LogP contribution is 2.39. The molecule has 0 saturated carbocycles. The predicted octanol–water partition coefficient (Wildman–Crippen LogP) is 5.14. The number of carbonyl (C=O) groups is 1. The molecule has 0 saturated heterocycles. The Morgan fingerprint density at radius 1 is 1.15 bits per heavy atom. The molecule has 0 unspecified atom stereocenters. The molecular weight excluding hydrogens is 340 g/mol. The van der Waals surface area contributed by atoms with Crippen LogP contribution in [0.2, 0.25) is 0 Å². The topological polar surface area (TPSA) is 74.8 Å². The molecule has 138 valence electrons. The van der Waals surface area contributed by atoms with Gasteiger partial charge >= 0.3 is 0 Å². The van der Waals surface area contributed by atoms with Gasteiger partial charge in [0.15, 0.2) is 5.76 Å². The van der Waals surface area contributed by atoms with E-state index in [9.17, 15) is 10.0 Å². The van der Waals surface area contributed by atoms with E-state index >= 15 is 0 Å². The van der Waals surface area contributed by atoms with E-state index in [1.54, 1.807) is 0 Å². The van der Waals surface area contributed by atoms with Gasteiger partial charge in [-0.3, -0.25) is 4.79 Å². The Morgan fingerprint density at radius 3 is 2.67 bits per heavy atom. The molecule has 0 fully saturated rings. The van der Waals surface area contributed by atoms with Gasteiger partial charge in [0.1, 0.15) is 5.76 Å². The molecule has 5 heteroatoms. The average Bonchev–Trinajstić information content (AvgIpc) is 2.96. The molecule has 1 amide bonds. The normalized spacial score (nSPS) is 17.1.